The lowest BCUT2D eigenvalue weighted by molar-refractivity contribution is 0.230. The lowest BCUT2D eigenvalue weighted by Crippen LogP contribution is -2.28. The average molecular weight is 341 g/mol. The van der Waals surface area contributed by atoms with Gasteiger partial charge in [0.15, 0.2) is 0 Å². The summed E-state index contributed by atoms with van der Waals surface area (Å²) in [6, 6.07) is 8.64. The molecule has 0 unspecified atom stereocenters. The molecule has 1 aromatic carbocycles. The van der Waals surface area contributed by atoms with Crippen LogP contribution in [0.25, 0.3) is 11.1 Å². The second kappa shape index (κ2) is 8.30. The molecule has 134 valence electrons. The van der Waals surface area contributed by atoms with Gasteiger partial charge in [-0.05, 0) is 56.8 Å². The molecule has 1 atom stereocenters. The normalized spacial score (nSPS) is 17.8. The van der Waals surface area contributed by atoms with Crippen molar-refractivity contribution in [1.29, 1.82) is 0 Å². The lowest BCUT2D eigenvalue weighted by atomic mass is 10.0. The lowest BCUT2D eigenvalue weighted by Gasteiger charge is -2.20. The van der Waals surface area contributed by atoms with Crippen LogP contribution < -0.4 is 10.3 Å². The Morgan fingerprint density at radius 1 is 1.32 bits per heavy atom. The van der Waals surface area contributed by atoms with E-state index in [-0.39, 0.29) is 5.56 Å². The van der Waals surface area contributed by atoms with Crippen LogP contribution in [0.2, 0.25) is 0 Å². The summed E-state index contributed by atoms with van der Waals surface area (Å²) >= 11 is 0. The minimum atomic E-state index is -0.114. The molecule has 0 amide bonds. The van der Waals surface area contributed by atoms with E-state index in [9.17, 15) is 4.79 Å². The van der Waals surface area contributed by atoms with E-state index in [4.69, 9.17) is 4.74 Å². The van der Waals surface area contributed by atoms with Crippen molar-refractivity contribution in [3.63, 3.8) is 0 Å². The van der Waals surface area contributed by atoms with Crippen molar-refractivity contribution in [2.75, 3.05) is 19.7 Å². The number of nitrogens with one attached hydrogen (secondary N) is 1. The molecule has 1 aromatic heterocycles. The summed E-state index contributed by atoms with van der Waals surface area (Å²) in [6.45, 7) is 7.35. The fourth-order valence-electron chi connectivity index (χ4n) is 3.54. The molecular formula is C20H27N3O2. The zero-order valence-electron chi connectivity index (χ0n) is 15.1. The van der Waals surface area contributed by atoms with Crippen LogP contribution in [0.4, 0.5) is 0 Å². The first kappa shape index (κ1) is 17.7. The van der Waals surface area contributed by atoms with Crippen LogP contribution in [0.5, 0.6) is 5.75 Å². The smallest absolute Gasteiger partial charge is 0.267 e. The van der Waals surface area contributed by atoms with Gasteiger partial charge in [0.2, 0.25) is 0 Å². The number of hydrogen-bond acceptors (Lipinski definition) is 4. The summed E-state index contributed by atoms with van der Waals surface area (Å²) in [5.74, 6) is 0.870. The predicted octanol–water partition coefficient (Wildman–Crippen LogP) is 3.25. The Kier molecular flexibility index (Phi) is 5.87. The number of likely N-dealkylation sites (tertiary alicyclic amines) is 1. The topological polar surface area (TPSA) is 58.2 Å². The van der Waals surface area contributed by atoms with Crippen LogP contribution in [0, 0.1) is 0 Å². The summed E-state index contributed by atoms with van der Waals surface area (Å²) in [6.07, 6.45) is 6.08. The SMILES string of the molecule is CCc1c(-c2ccc(OCCCN3CCC[C@H]3C)cc2)cn[nH]c1=O. The number of aromatic amines is 1. The number of ether oxygens (including phenoxy) is 1. The number of nitrogens with zero attached hydrogens (tertiary/aromatic N) is 2. The third-order valence-corrected chi connectivity index (χ3v) is 5.03. The van der Waals surface area contributed by atoms with Gasteiger partial charge >= 0.3 is 0 Å². The maximum Gasteiger partial charge on any atom is 0.267 e. The van der Waals surface area contributed by atoms with E-state index in [1.807, 2.05) is 31.2 Å². The standard InChI is InChI=1S/C20H27N3O2/c1-3-18-19(14-21-22-20(18)24)16-7-9-17(10-8-16)25-13-5-12-23-11-4-6-15(23)2/h7-10,14-15H,3-6,11-13H2,1-2H3,(H,22,24)/t15-/m1/s1. The number of benzene rings is 1. The highest BCUT2D eigenvalue weighted by Crippen LogP contribution is 2.24. The van der Waals surface area contributed by atoms with Gasteiger partial charge in [-0.25, -0.2) is 5.10 Å². The molecule has 2 heterocycles. The van der Waals surface area contributed by atoms with Crippen LogP contribution in [-0.2, 0) is 6.42 Å². The summed E-state index contributed by atoms with van der Waals surface area (Å²) in [4.78, 5) is 14.4. The van der Waals surface area contributed by atoms with Crippen LogP contribution in [-0.4, -0.2) is 40.8 Å². The molecule has 5 heteroatoms. The van der Waals surface area contributed by atoms with Crippen LogP contribution in [0.1, 0.15) is 38.7 Å². The Balaban J connectivity index is 1.56. The van der Waals surface area contributed by atoms with E-state index in [2.05, 4.69) is 22.0 Å². The summed E-state index contributed by atoms with van der Waals surface area (Å²) in [5, 5.41) is 6.42. The van der Waals surface area contributed by atoms with Gasteiger partial charge in [-0.2, -0.15) is 5.10 Å². The second-order valence-electron chi connectivity index (χ2n) is 6.70. The van der Waals surface area contributed by atoms with Crippen molar-refractivity contribution in [3.05, 3.63) is 46.4 Å². The molecule has 1 saturated heterocycles. The molecule has 1 aliphatic rings. The Morgan fingerprint density at radius 3 is 2.80 bits per heavy atom. The van der Waals surface area contributed by atoms with Gasteiger partial charge in [-0.3, -0.25) is 4.79 Å². The third-order valence-electron chi connectivity index (χ3n) is 5.03. The van der Waals surface area contributed by atoms with Crippen molar-refractivity contribution in [3.8, 4) is 16.9 Å². The second-order valence-corrected chi connectivity index (χ2v) is 6.70. The predicted molar refractivity (Wildman–Crippen MR) is 100 cm³/mol. The Morgan fingerprint density at radius 2 is 2.12 bits per heavy atom. The molecule has 0 aliphatic carbocycles. The molecule has 1 fully saturated rings. The summed E-state index contributed by atoms with van der Waals surface area (Å²) in [5.41, 5.74) is 2.54. The molecule has 25 heavy (non-hydrogen) atoms. The van der Waals surface area contributed by atoms with Crippen LogP contribution >= 0.6 is 0 Å². The monoisotopic (exact) mass is 341 g/mol. The summed E-state index contributed by atoms with van der Waals surface area (Å²) < 4.78 is 5.86. The molecular weight excluding hydrogens is 314 g/mol. The fourth-order valence-corrected chi connectivity index (χ4v) is 3.54. The van der Waals surface area contributed by atoms with Crippen molar-refractivity contribution in [2.45, 2.75) is 45.6 Å². The number of hydrogen-bond donors (Lipinski definition) is 1. The molecule has 0 radical (unpaired) electrons. The van der Waals surface area contributed by atoms with Crippen molar-refractivity contribution in [1.82, 2.24) is 15.1 Å². The van der Waals surface area contributed by atoms with Gasteiger partial charge in [0.05, 0.1) is 12.8 Å². The number of H-pyrrole nitrogens is 1. The maximum atomic E-state index is 11.9. The quantitative estimate of drug-likeness (QED) is 0.786. The van der Waals surface area contributed by atoms with E-state index in [1.54, 1.807) is 6.20 Å². The van der Waals surface area contributed by atoms with E-state index in [1.165, 1.54) is 19.4 Å². The van der Waals surface area contributed by atoms with E-state index < -0.39 is 0 Å². The van der Waals surface area contributed by atoms with Gasteiger partial charge < -0.3 is 9.64 Å². The number of rotatable bonds is 7. The van der Waals surface area contributed by atoms with Gasteiger partial charge in [0.25, 0.3) is 5.56 Å². The van der Waals surface area contributed by atoms with Crippen molar-refractivity contribution in [2.24, 2.45) is 0 Å². The van der Waals surface area contributed by atoms with Crippen LogP contribution in [0.15, 0.2) is 35.3 Å². The summed E-state index contributed by atoms with van der Waals surface area (Å²) in [7, 11) is 0. The zero-order chi connectivity index (χ0) is 17.6. The molecule has 0 saturated carbocycles. The highest BCUT2D eigenvalue weighted by atomic mass is 16.5. The van der Waals surface area contributed by atoms with Crippen molar-refractivity contribution >= 4 is 0 Å². The molecule has 1 aliphatic heterocycles. The van der Waals surface area contributed by atoms with Gasteiger partial charge in [-0.15, -0.1) is 0 Å². The van der Waals surface area contributed by atoms with Gasteiger partial charge in [0, 0.05) is 23.7 Å². The first-order valence-corrected chi connectivity index (χ1v) is 9.23. The minimum Gasteiger partial charge on any atom is -0.494 e. The molecule has 3 rings (SSSR count). The Bertz CT molecular complexity index is 739. The fraction of sp³-hybridized carbons (Fsp3) is 0.500. The molecule has 0 bridgehead atoms. The molecule has 5 nitrogen and oxygen atoms in total. The minimum absolute atomic E-state index is 0.114. The molecule has 0 spiro atoms. The molecule has 2 aromatic rings. The highest BCUT2D eigenvalue weighted by molar-refractivity contribution is 5.66. The van der Waals surface area contributed by atoms with Crippen molar-refractivity contribution < 1.29 is 4.74 Å². The third kappa shape index (κ3) is 4.28. The Labute approximate surface area is 149 Å². The van der Waals surface area contributed by atoms with Crippen LogP contribution in [0.3, 0.4) is 0 Å². The maximum absolute atomic E-state index is 11.9. The highest BCUT2D eigenvalue weighted by Gasteiger charge is 2.19. The Hall–Kier alpha value is -2.14. The zero-order valence-corrected chi connectivity index (χ0v) is 15.1. The van der Waals surface area contributed by atoms with E-state index >= 15 is 0 Å². The van der Waals surface area contributed by atoms with E-state index in [0.29, 0.717) is 6.42 Å². The number of aromatic nitrogens is 2. The first-order valence-electron chi connectivity index (χ1n) is 9.23. The van der Waals surface area contributed by atoms with Gasteiger partial charge in [-0.1, -0.05) is 19.1 Å². The average Bonchev–Trinajstić information content (AvgIpc) is 3.04. The van der Waals surface area contributed by atoms with E-state index in [0.717, 1.165) is 48.1 Å². The van der Waals surface area contributed by atoms with Gasteiger partial charge in [0.1, 0.15) is 5.75 Å². The largest absolute Gasteiger partial charge is 0.494 e. The first-order chi connectivity index (χ1) is 12.2. The molecule has 1 N–H and O–H groups in total.